The molecule has 122 valence electrons. The number of allylic oxidation sites excluding steroid dienone is 2. The van der Waals surface area contributed by atoms with Crippen LogP contribution in [-0.2, 0) is 28.6 Å². The fraction of sp³-hybridized carbons (Fsp3) is 0.533. The average molecular weight is 302 g/mol. The van der Waals surface area contributed by atoms with Crippen molar-refractivity contribution in [3.8, 4) is 0 Å². The molecule has 0 rings (SSSR count). The van der Waals surface area contributed by atoms with Crippen LogP contribution in [0.5, 0.6) is 0 Å². The fourth-order valence-electron chi connectivity index (χ4n) is 0.771. The van der Waals surface area contributed by atoms with Crippen molar-refractivity contribution in [1.82, 2.24) is 0 Å². The number of hydrogen-bond donors (Lipinski definition) is 0. The van der Waals surface area contributed by atoms with E-state index in [0.717, 1.165) is 0 Å². The third-order valence-corrected chi connectivity index (χ3v) is 1.28. The summed E-state index contributed by atoms with van der Waals surface area (Å²) in [4.78, 5) is 31.6. The van der Waals surface area contributed by atoms with E-state index < -0.39 is 24.0 Å². The zero-order valence-electron chi connectivity index (χ0n) is 13.5. The summed E-state index contributed by atoms with van der Waals surface area (Å²) in [5.41, 5.74) is 0. The molecule has 0 aromatic heterocycles. The van der Waals surface area contributed by atoms with Gasteiger partial charge in [0.05, 0.1) is 0 Å². The first-order chi connectivity index (χ1) is 9.74. The molecule has 6 heteroatoms. The second-order valence-electron chi connectivity index (χ2n) is 3.65. The largest absolute Gasteiger partial charge is 0.462 e. The van der Waals surface area contributed by atoms with Crippen LogP contribution in [0.15, 0.2) is 25.3 Å². The van der Waals surface area contributed by atoms with Gasteiger partial charge in [-0.2, -0.15) is 0 Å². The van der Waals surface area contributed by atoms with E-state index in [-0.39, 0.29) is 13.2 Å². The van der Waals surface area contributed by atoms with E-state index in [1.165, 1.54) is 20.8 Å². The number of carbonyl (C=O) groups excluding carboxylic acids is 3. The van der Waals surface area contributed by atoms with Gasteiger partial charge in [-0.05, 0) is 13.8 Å². The third kappa shape index (κ3) is 32.0. The molecule has 0 amide bonds. The Kier molecular flexibility index (Phi) is 20.4. The van der Waals surface area contributed by atoms with Gasteiger partial charge >= 0.3 is 17.9 Å². The molecule has 0 heterocycles. The van der Waals surface area contributed by atoms with E-state index in [2.05, 4.69) is 22.6 Å². The van der Waals surface area contributed by atoms with Gasteiger partial charge in [-0.25, -0.2) is 0 Å². The lowest BCUT2D eigenvalue weighted by Crippen LogP contribution is -2.29. The van der Waals surface area contributed by atoms with Gasteiger partial charge in [0, 0.05) is 20.8 Å². The molecule has 0 aromatic rings. The maximum Gasteiger partial charge on any atom is 0.303 e. The van der Waals surface area contributed by atoms with Crippen molar-refractivity contribution in [2.45, 2.75) is 40.7 Å². The molecule has 0 aromatic carbocycles. The Balaban J connectivity index is -0.000000460. The Morgan fingerprint density at radius 3 is 1.33 bits per heavy atom. The van der Waals surface area contributed by atoms with E-state index in [0.29, 0.717) is 0 Å². The van der Waals surface area contributed by atoms with Gasteiger partial charge in [-0.1, -0.05) is 12.2 Å². The molecule has 0 unspecified atom stereocenters. The van der Waals surface area contributed by atoms with Gasteiger partial charge in [0.15, 0.2) is 6.10 Å². The van der Waals surface area contributed by atoms with Crippen LogP contribution in [-0.4, -0.2) is 37.2 Å². The standard InChI is InChI=1S/C9H14O6.2C3H6/c1-6(10)13-4-9(15-8(3)12)5-14-7(2)11;2*1-3-2/h9H,4-5H2,1-3H3;2*3H,1H2,2H3. The molecule has 21 heavy (non-hydrogen) atoms. The van der Waals surface area contributed by atoms with Crippen LogP contribution in [0.3, 0.4) is 0 Å². The van der Waals surface area contributed by atoms with Crippen LogP contribution in [0.2, 0.25) is 0 Å². The van der Waals surface area contributed by atoms with Crippen LogP contribution < -0.4 is 0 Å². The Morgan fingerprint density at radius 2 is 1.14 bits per heavy atom. The summed E-state index contributed by atoms with van der Waals surface area (Å²) in [7, 11) is 0. The number of esters is 3. The zero-order valence-corrected chi connectivity index (χ0v) is 13.5. The first-order valence-electron chi connectivity index (χ1n) is 6.33. The van der Waals surface area contributed by atoms with Crippen molar-refractivity contribution in [2.24, 2.45) is 0 Å². The number of carbonyl (C=O) groups is 3. The number of hydrogen-bond acceptors (Lipinski definition) is 6. The molecule has 0 bridgehead atoms. The molecule has 0 aliphatic carbocycles. The lowest BCUT2D eigenvalue weighted by molar-refractivity contribution is -0.163. The minimum atomic E-state index is -0.754. The van der Waals surface area contributed by atoms with E-state index in [4.69, 9.17) is 4.74 Å². The molecule has 0 atom stereocenters. The van der Waals surface area contributed by atoms with Gasteiger partial charge in [0.25, 0.3) is 0 Å². The van der Waals surface area contributed by atoms with Crippen LogP contribution in [0.4, 0.5) is 0 Å². The molecule has 0 N–H and O–H groups in total. The topological polar surface area (TPSA) is 78.9 Å². The smallest absolute Gasteiger partial charge is 0.303 e. The SMILES string of the molecule is C=CC.C=CC.CC(=O)OCC(COC(C)=O)OC(C)=O. The minimum Gasteiger partial charge on any atom is -0.462 e. The zero-order chi connectivity index (χ0) is 17.3. The van der Waals surface area contributed by atoms with Crippen LogP contribution in [0, 0.1) is 0 Å². The summed E-state index contributed by atoms with van der Waals surface area (Å²) in [6.07, 6.45) is 2.75. The summed E-state index contributed by atoms with van der Waals surface area (Å²) in [6.45, 7) is 13.9. The second-order valence-corrected chi connectivity index (χ2v) is 3.65. The summed E-state index contributed by atoms with van der Waals surface area (Å²) < 4.78 is 14.0. The van der Waals surface area contributed by atoms with Gasteiger partial charge in [-0.3, -0.25) is 14.4 Å². The lowest BCUT2D eigenvalue weighted by atomic mass is 10.4. The highest BCUT2D eigenvalue weighted by Gasteiger charge is 2.15. The van der Waals surface area contributed by atoms with Crippen molar-refractivity contribution in [2.75, 3.05) is 13.2 Å². The monoisotopic (exact) mass is 302 g/mol. The fourth-order valence-corrected chi connectivity index (χ4v) is 0.771. The van der Waals surface area contributed by atoms with Crippen LogP contribution in [0.25, 0.3) is 0 Å². The highest BCUT2D eigenvalue weighted by molar-refractivity contribution is 5.67. The van der Waals surface area contributed by atoms with Crippen molar-refractivity contribution in [1.29, 1.82) is 0 Å². The summed E-state index contributed by atoms with van der Waals surface area (Å²) in [5, 5.41) is 0. The van der Waals surface area contributed by atoms with E-state index >= 15 is 0 Å². The van der Waals surface area contributed by atoms with Crippen LogP contribution >= 0.6 is 0 Å². The predicted molar refractivity (Wildman–Crippen MR) is 80.6 cm³/mol. The quantitative estimate of drug-likeness (QED) is 0.441. The molecule has 0 spiro atoms. The minimum absolute atomic E-state index is 0.123. The van der Waals surface area contributed by atoms with Gasteiger partial charge in [0.2, 0.25) is 0 Å². The molecular formula is C15H26O6. The summed E-state index contributed by atoms with van der Waals surface area (Å²) in [6, 6.07) is 0. The maximum absolute atomic E-state index is 10.6. The van der Waals surface area contributed by atoms with Crippen molar-refractivity contribution in [3.05, 3.63) is 25.3 Å². The summed E-state index contributed by atoms with van der Waals surface area (Å²) >= 11 is 0. The highest BCUT2D eigenvalue weighted by Crippen LogP contribution is 1.97. The maximum atomic E-state index is 10.6. The Hall–Kier alpha value is -2.11. The lowest BCUT2D eigenvalue weighted by Gasteiger charge is -2.15. The van der Waals surface area contributed by atoms with Gasteiger partial charge < -0.3 is 14.2 Å². The Labute approximate surface area is 126 Å². The van der Waals surface area contributed by atoms with Gasteiger partial charge in [0.1, 0.15) is 13.2 Å². The van der Waals surface area contributed by atoms with Crippen molar-refractivity contribution in [3.63, 3.8) is 0 Å². The normalized spacial score (nSPS) is 8.10. The van der Waals surface area contributed by atoms with E-state index in [1.807, 2.05) is 13.8 Å². The third-order valence-electron chi connectivity index (χ3n) is 1.28. The average Bonchev–Trinajstić information content (AvgIpc) is 2.34. The molecule has 0 aliphatic heterocycles. The first kappa shape index (κ1) is 23.9. The van der Waals surface area contributed by atoms with Crippen molar-refractivity contribution >= 4 is 17.9 Å². The molecule has 0 fully saturated rings. The van der Waals surface area contributed by atoms with Crippen molar-refractivity contribution < 1.29 is 28.6 Å². The Bertz CT molecular complexity index is 298. The summed E-state index contributed by atoms with van der Waals surface area (Å²) in [5.74, 6) is -1.51. The Morgan fingerprint density at radius 1 is 0.857 bits per heavy atom. The molecule has 0 aliphatic rings. The molecule has 0 saturated carbocycles. The highest BCUT2D eigenvalue weighted by atomic mass is 16.6. The molecule has 0 saturated heterocycles. The van der Waals surface area contributed by atoms with Crippen LogP contribution in [0.1, 0.15) is 34.6 Å². The van der Waals surface area contributed by atoms with E-state index in [9.17, 15) is 14.4 Å². The molecule has 0 radical (unpaired) electrons. The molecular weight excluding hydrogens is 276 g/mol. The number of rotatable bonds is 5. The predicted octanol–water partition coefficient (Wildman–Crippen LogP) is 2.43. The molecule has 6 nitrogen and oxygen atoms in total. The number of ether oxygens (including phenoxy) is 3. The second kappa shape index (κ2) is 17.9. The first-order valence-corrected chi connectivity index (χ1v) is 6.33. The van der Waals surface area contributed by atoms with E-state index in [1.54, 1.807) is 12.2 Å². The van der Waals surface area contributed by atoms with Gasteiger partial charge in [-0.15, -0.1) is 13.2 Å².